The van der Waals surface area contributed by atoms with Gasteiger partial charge in [0.25, 0.3) is 0 Å². The first-order valence-electron chi connectivity index (χ1n) is 2.16. The molecule has 0 bridgehead atoms. The third kappa shape index (κ3) is 4.53. The van der Waals surface area contributed by atoms with Gasteiger partial charge in [0.2, 0.25) is 0 Å². The monoisotopic (exact) mass is 206 g/mol. The molecule has 9 heavy (non-hydrogen) atoms. The van der Waals surface area contributed by atoms with Crippen LogP contribution in [0, 0.1) is 0 Å². The number of benzene rings is 1. The fraction of sp³-hybridized carbons (Fsp3) is 0. The van der Waals surface area contributed by atoms with E-state index in [9.17, 15) is 0 Å². The van der Waals surface area contributed by atoms with Crippen molar-refractivity contribution in [2.24, 2.45) is 0 Å². The van der Waals surface area contributed by atoms with Crippen molar-refractivity contribution in [3.8, 4) is 0 Å². The van der Waals surface area contributed by atoms with Gasteiger partial charge in [-0.1, -0.05) is 30.3 Å². The fourth-order valence-electron chi connectivity index (χ4n) is 0.438. The van der Waals surface area contributed by atoms with Crippen LogP contribution in [0.4, 0.5) is 5.69 Å². The van der Waals surface area contributed by atoms with E-state index in [1.165, 1.54) is 0 Å². The van der Waals surface area contributed by atoms with Gasteiger partial charge in [0, 0.05) is 33.6 Å². The predicted octanol–water partition coefficient (Wildman–Crippen LogP) is 2.37. The number of rotatable bonds is 0. The molecule has 0 atom stereocenters. The van der Waals surface area contributed by atoms with E-state index < -0.39 is 0 Å². The summed E-state index contributed by atoms with van der Waals surface area (Å²) in [5.74, 6) is 0. The van der Waals surface area contributed by atoms with Crippen LogP contribution in [-0.2, 0) is 33.6 Å². The van der Waals surface area contributed by atoms with Crippen LogP contribution in [-0.4, -0.2) is 0 Å². The zero-order valence-corrected chi connectivity index (χ0v) is 6.65. The molecule has 1 aromatic carbocycles. The Hall–Kier alpha value is 0.0330. The Labute approximate surface area is 75.4 Å². The molecule has 1 aromatic rings. The molecule has 54 valence electrons. The first-order valence-corrected chi connectivity index (χ1v) is 2.16. The maximum absolute atomic E-state index is 7.00. The molecule has 0 amide bonds. The summed E-state index contributed by atoms with van der Waals surface area (Å²) in [5, 5.41) is 0. The summed E-state index contributed by atoms with van der Waals surface area (Å²) in [4.78, 5) is 0. The van der Waals surface area contributed by atoms with Gasteiger partial charge in [-0.05, 0) is 0 Å². The van der Waals surface area contributed by atoms with Gasteiger partial charge in [0.15, 0.2) is 0 Å². The van der Waals surface area contributed by atoms with E-state index in [2.05, 4.69) is 0 Å². The molecular formula is C6H6FeNNi-. The minimum absolute atomic E-state index is 0. The van der Waals surface area contributed by atoms with E-state index in [1.54, 1.807) is 12.1 Å². The summed E-state index contributed by atoms with van der Waals surface area (Å²) in [6, 6.07) is 9.10. The van der Waals surface area contributed by atoms with Gasteiger partial charge in [-0.2, -0.15) is 0 Å². The van der Waals surface area contributed by atoms with Gasteiger partial charge in [0.1, 0.15) is 0 Å². The van der Waals surface area contributed by atoms with Crippen molar-refractivity contribution in [2.75, 3.05) is 0 Å². The van der Waals surface area contributed by atoms with Crippen molar-refractivity contribution in [1.82, 2.24) is 0 Å². The van der Waals surface area contributed by atoms with Gasteiger partial charge in [-0.15, -0.1) is 5.69 Å². The van der Waals surface area contributed by atoms with Crippen LogP contribution < -0.4 is 0 Å². The molecule has 0 radical (unpaired) electrons. The maximum Gasteiger partial charge on any atom is 0 e. The van der Waals surface area contributed by atoms with E-state index in [0.717, 1.165) is 0 Å². The van der Waals surface area contributed by atoms with Crippen LogP contribution in [0.5, 0.6) is 0 Å². The van der Waals surface area contributed by atoms with E-state index in [-0.39, 0.29) is 33.6 Å². The molecule has 0 aliphatic rings. The third-order valence-electron chi connectivity index (χ3n) is 0.774. The van der Waals surface area contributed by atoms with E-state index in [0.29, 0.717) is 5.69 Å². The third-order valence-corrected chi connectivity index (χ3v) is 0.774. The number of hydrogen-bond acceptors (Lipinski definition) is 0. The number of nitrogens with one attached hydrogen (secondary N) is 1. The van der Waals surface area contributed by atoms with Crippen molar-refractivity contribution < 1.29 is 33.6 Å². The first-order chi connectivity index (χ1) is 3.39. The zero-order chi connectivity index (χ0) is 5.11. The van der Waals surface area contributed by atoms with Crippen LogP contribution >= 0.6 is 0 Å². The normalized spacial score (nSPS) is 6.67. The molecule has 0 fully saturated rings. The van der Waals surface area contributed by atoms with E-state index in [1.807, 2.05) is 18.2 Å². The summed E-state index contributed by atoms with van der Waals surface area (Å²) in [6.45, 7) is 0. The topological polar surface area (TPSA) is 23.8 Å². The Balaban J connectivity index is 0. The first kappa shape index (κ1) is 11.8. The van der Waals surface area contributed by atoms with Crippen LogP contribution in [0.2, 0.25) is 0 Å². The second-order valence-electron chi connectivity index (χ2n) is 1.37. The molecule has 0 saturated carbocycles. The van der Waals surface area contributed by atoms with Gasteiger partial charge in [-0.25, -0.2) is 0 Å². The van der Waals surface area contributed by atoms with Crippen LogP contribution in [0.25, 0.3) is 5.73 Å². The Morgan fingerprint density at radius 2 is 1.44 bits per heavy atom. The van der Waals surface area contributed by atoms with Gasteiger partial charge in [0.05, 0.1) is 0 Å². The Morgan fingerprint density at radius 3 is 1.67 bits per heavy atom. The molecule has 0 spiro atoms. The van der Waals surface area contributed by atoms with Crippen molar-refractivity contribution in [3.05, 3.63) is 36.1 Å². The predicted molar refractivity (Wildman–Crippen MR) is 30.4 cm³/mol. The second-order valence-corrected chi connectivity index (χ2v) is 1.37. The molecule has 3 heteroatoms. The zero-order valence-electron chi connectivity index (χ0n) is 4.56. The quantitative estimate of drug-likeness (QED) is 0.582. The summed E-state index contributed by atoms with van der Waals surface area (Å²) in [7, 11) is 0. The van der Waals surface area contributed by atoms with Crippen LogP contribution in [0.1, 0.15) is 0 Å². The van der Waals surface area contributed by atoms with Gasteiger partial charge < -0.3 is 5.73 Å². The molecule has 0 aliphatic carbocycles. The largest absolute Gasteiger partial charge is 0.699 e. The van der Waals surface area contributed by atoms with Crippen LogP contribution in [0.15, 0.2) is 30.3 Å². The van der Waals surface area contributed by atoms with Gasteiger partial charge in [-0.3, -0.25) is 0 Å². The molecule has 1 rings (SSSR count). The fourth-order valence-corrected chi connectivity index (χ4v) is 0.438. The maximum atomic E-state index is 7.00. The summed E-state index contributed by atoms with van der Waals surface area (Å²) in [5.41, 5.74) is 7.57. The van der Waals surface area contributed by atoms with Crippen molar-refractivity contribution in [2.45, 2.75) is 0 Å². The Bertz CT molecular complexity index is 143. The molecule has 0 aliphatic heterocycles. The molecule has 0 saturated heterocycles. The molecule has 1 nitrogen and oxygen atoms in total. The van der Waals surface area contributed by atoms with Gasteiger partial charge >= 0.3 is 0 Å². The average molecular weight is 207 g/mol. The van der Waals surface area contributed by atoms with Crippen LogP contribution in [0.3, 0.4) is 0 Å². The smallest absolute Gasteiger partial charge is 0 e. The molecule has 0 unspecified atom stereocenters. The second kappa shape index (κ2) is 6.16. The summed E-state index contributed by atoms with van der Waals surface area (Å²) >= 11 is 0. The van der Waals surface area contributed by atoms with Crippen molar-refractivity contribution >= 4 is 5.69 Å². The average Bonchev–Trinajstić information content (AvgIpc) is 1.69. The van der Waals surface area contributed by atoms with E-state index in [4.69, 9.17) is 5.73 Å². The van der Waals surface area contributed by atoms with E-state index >= 15 is 0 Å². The summed E-state index contributed by atoms with van der Waals surface area (Å²) < 4.78 is 0. The summed E-state index contributed by atoms with van der Waals surface area (Å²) in [6.07, 6.45) is 0. The molecular weight excluding hydrogens is 201 g/mol. The molecule has 1 N–H and O–H groups in total. The molecule has 0 heterocycles. The van der Waals surface area contributed by atoms with Crippen molar-refractivity contribution in [1.29, 1.82) is 0 Å². The SMILES string of the molecule is [Fe].[NH-]c1ccccc1.[Ni]. The Kier molecular flexibility index (Phi) is 8.06. The minimum Gasteiger partial charge on any atom is -0.699 e. The molecule has 0 aromatic heterocycles. The Morgan fingerprint density at radius 1 is 1.00 bits per heavy atom. The van der Waals surface area contributed by atoms with Crippen molar-refractivity contribution in [3.63, 3.8) is 0 Å². The standard InChI is InChI=1S/C6H6N.Fe.Ni/c7-6-4-2-1-3-5-6;;/h1-5,7H;;/q-1;;. The number of hydrogen-bond donors (Lipinski definition) is 0. The minimum atomic E-state index is 0.